The molecule has 0 unspecified atom stereocenters. The fraction of sp³-hybridized carbons (Fsp3) is 0.579. The van der Waals surface area contributed by atoms with Crippen LogP contribution in [0.4, 0.5) is 0 Å². The molecule has 2 amide bonds. The summed E-state index contributed by atoms with van der Waals surface area (Å²) in [5, 5.41) is 3.08. The van der Waals surface area contributed by atoms with E-state index in [1.54, 1.807) is 14.0 Å². The highest BCUT2D eigenvalue weighted by atomic mass is 16.5. The fourth-order valence-electron chi connectivity index (χ4n) is 3.04. The van der Waals surface area contributed by atoms with Crippen molar-refractivity contribution in [3.63, 3.8) is 0 Å². The first-order chi connectivity index (χ1) is 12.0. The molecule has 1 aliphatic heterocycles. The van der Waals surface area contributed by atoms with Gasteiger partial charge in [0, 0.05) is 32.5 Å². The molecule has 0 radical (unpaired) electrons. The average molecular weight is 348 g/mol. The van der Waals surface area contributed by atoms with E-state index in [-0.39, 0.29) is 17.9 Å². The summed E-state index contributed by atoms with van der Waals surface area (Å²) in [4.78, 5) is 25.3. The van der Waals surface area contributed by atoms with E-state index in [0.29, 0.717) is 25.2 Å². The summed E-state index contributed by atoms with van der Waals surface area (Å²) >= 11 is 0. The Kier molecular flexibility index (Phi) is 7.10. The minimum Gasteiger partial charge on any atom is -0.493 e. The SMILES string of the molecule is CCOc1ccc(CCC(=O)NC2CCN(C(C)=O)CC2)cc1OC. The molecule has 0 bridgehead atoms. The van der Waals surface area contributed by atoms with Gasteiger partial charge in [0.1, 0.15) is 0 Å². The van der Waals surface area contributed by atoms with Crippen LogP contribution in [-0.4, -0.2) is 49.6 Å². The molecule has 2 rings (SSSR count). The van der Waals surface area contributed by atoms with Crippen LogP contribution in [0, 0.1) is 0 Å². The Morgan fingerprint density at radius 2 is 1.96 bits per heavy atom. The molecule has 0 atom stereocenters. The summed E-state index contributed by atoms with van der Waals surface area (Å²) in [6.07, 6.45) is 2.73. The lowest BCUT2D eigenvalue weighted by molar-refractivity contribution is -0.130. The van der Waals surface area contributed by atoms with E-state index in [1.807, 2.05) is 30.0 Å². The van der Waals surface area contributed by atoms with Crippen LogP contribution in [0.15, 0.2) is 18.2 Å². The molecule has 6 heteroatoms. The van der Waals surface area contributed by atoms with E-state index >= 15 is 0 Å². The number of rotatable bonds is 7. The van der Waals surface area contributed by atoms with Crippen molar-refractivity contribution in [3.8, 4) is 11.5 Å². The quantitative estimate of drug-likeness (QED) is 0.820. The van der Waals surface area contributed by atoms with Crippen LogP contribution in [0.5, 0.6) is 11.5 Å². The van der Waals surface area contributed by atoms with Crippen LogP contribution < -0.4 is 14.8 Å². The van der Waals surface area contributed by atoms with Crippen molar-refractivity contribution in [2.75, 3.05) is 26.8 Å². The number of carbonyl (C=O) groups excluding carboxylic acids is 2. The summed E-state index contributed by atoms with van der Waals surface area (Å²) in [6, 6.07) is 5.93. The number of methoxy groups -OCH3 is 1. The summed E-state index contributed by atoms with van der Waals surface area (Å²) in [5.74, 6) is 1.56. The van der Waals surface area contributed by atoms with Gasteiger partial charge in [-0.3, -0.25) is 9.59 Å². The number of amides is 2. The maximum Gasteiger partial charge on any atom is 0.220 e. The van der Waals surface area contributed by atoms with Gasteiger partial charge in [0.15, 0.2) is 11.5 Å². The molecule has 1 heterocycles. The molecule has 0 aromatic heterocycles. The second-order valence-electron chi connectivity index (χ2n) is 6.27. The predicted molar refractivity (Wildman–Crippen MR) is 95.9 cm³/mol. The summed E-state index contributed by atoms with van der Waals surface area (Å²) in [6.45, 7) is 5.54. The minimum absolute atomic E-state index is 0.0501. The van der Waals surface area contributed by atoms with Crippen LogP contribution >= 0.6 is 0 Å². The van der Waals surface area contributed by atoms with Gasteiger partial charge in [-0.25, -0.2) is 0 Å². The Balaban J connectivity index is 1.79. The van der Waals surface area contributed by atoms with Crippen LogP contribution in [0.2, 0.25) is 0 Å². The van der Waals surface area contributed by atoms with Gasteiger partial charge < -0.3 is 19.7 Å². The molecular weight excluding hydrogens is 320 g/mol. The van der Waals surface area contributed by atoms with E-state index in [9.17, 15) is 9.59 Å². The molecule has 0 aliphatic carbocycles. The molecule has 0 saturated carbocycles. The molecule has 1 aliphatic rings. The van der Waals surface area contributed by atoms with Crippen LogP contribution in [0.1, 0.15) is 38.7 Å². The van der Waals surface area contributed by atoms with Crippen molar-refractivity contribution in [2.24, 2.45) is 0 Å². The number of nitrogens with one attached hydrogen (secondary N) is 1. The highest BCUT2D eigenvalue weighted by Crippen LogP contribution is 2.28. The zero-order valence-corrected chi connectivity index (χ0v) is 15.3. The number of hydrogen-bond donors (Lipinski definition) is 1. The van der Waals surface area contributed by atoms with E-state index < -0.39 is 0 Å². The van der Waals surface area contributed by atoms with Gasteiger partial charge in [-0.1, -0.05) is 6.07 Å². The van der Waals surface area contributed by atoms with Gasteiger partial charge in [-0.2, -0.15) is 0 Å². The number of likely N-dealkylation sites (tertiary alicyclic amines) is 1. The second-order valence-corrected chi connectivity index (χ2v) is 6.27. The Bertz CT molecular complexity index is 595. The van der Waals surface area contributed by atoms with Gasteiger partial charge in [0.2, 0.25) is 11.8 Å². The smallest absolute Gasteiger partial charge is 0.220 e. The van der Waals surface area contributed by atoms with E-state index in [4.69, 9.17) is 9.47 Å². The molecule has 0 spiro atoms. The van der Waals surface area contributed by atoms with Gasteiger partial charge in [0.25, 0.3) is 0 Å². The van der Waals surface area contributed by atoms with Crippen LogP contribution in [-0.2, 0) is 16.0 Å². The first kappa shape index (κ1) is 19.1. The third kappa shape index (κ3) is 5.66. The lowest BCUT2D eigenvalue weighted by Crippen LogP contribution is -2.46. The second kappa shape index (κ2) is 9.30. The zero-order valence-electron chi connectivity index (χ0n) is 15.3. The topological polar surface area (TPSA) is 67.9 Å². The maximum atomic E-state index is 12.2. The summed E-state index contributed by atoms with van der Waals surface area (Å²) in [5.41, 5.74) is 1.04. The van der Waals surface area contributed by atoms with Crippen molar-refractivity contribution in [3.05, 3.63) is 23.8 Å². The van der Waals surface area contributed by atoms with Gasteiger partial charge in [0.05, 0.1) is 13.7 Å². The zero-order chi connectivity index (χ0) is 18.2. The van der Waals surface area contributed by atoms with Crippen molar-refractivity contribution >= 4 is 11.8 Å². The van der Waals surface area contributed by atoms with E-state index in [1.165, 1.54) is 0 Å². The van der Waals surface area contributed by atoms with E-state index in [2.05, 4.69) is 5.32 Å². The number of benzene rings is 1. The van der Waals surface area contributed by atoms with Crippen LogP contribution in [0.3, 0.4) is 0 Å². The number of aryl methyl sites for hydroxylation is 1. The third-order valence-corrected chi connectivity index (χ3v) is 4.47. The third-order valence-electron chi connectivity index (χ3n) is 4.47. The van der Waals surface area contributed by atoms with Gasteiger partial charge in [-0.15, -0.1) is 0 Å². The lowest BCUT2D eigenvalue weighted by atomic mass is 10.0. The largest absolute Gasteiger partial charge is 0.493 e. The fourth-order valence-corrected chi connectivity index (χ4v) is 3.04. The number of carbonyl (C=O) groups is 2. The Morgan fingerprint density at radius 1 is 1.24 bits per heavy atom. The predicted octanol–water partition coefficient (Wildman–Crippen LogP) is 2.15. The number of hydrogen-bond acceptors (Lipinski definition) is 4. The van der Waals surface area contributed by atoms with Crippen molar-refractivity contribution in [1.29, 1.82) is 0 Å². The molecule has 1 aromatic rings. The maximum absolute atomic E-state index is 12.2. The molecule has 1 saturated heterocycles. The lowest BCUT2D eigenvalue weighted by Gasteiger charge is -2.31. The molecular formula is C19H28N2O4. The summed E-state index contributed by atoms with van der Waals surface area (Å²) < 4.78 is 10.8. The number of nitrogens with zero attached hydrogens (tertiary/aromatic N) is 1. The van der Waals surface area contributed by atoms with Crippen molar-refractivity contribution in [1.82, 2.24) is 10.2 Å². The van der Waals surface area contributed by atoms with Crippen molar-refractivity contribution in [2.45, 2.75) is 45.6 Å². The minimum atomic E-state index is 0.0501. The number of piperidine rings is 1. The normalized spacial score (nSPS) is 14.9. The highest BCUT2D eigenvalue weighted by molar-refractivity contribution is 5.76. The summed E-state index contributed by atoms with van der Waals surface area (Å²) in [7, 11) is 1.61. The number of ether oxygens (including phenoxy) is 2. The van der Waals surface area contributed by atoms with E-state index in [0.717, 1.165) is 37.2 Å². The first-order valence-corrected chi connectivity index (χ1v) is 8.88. The molecule has 25 heavy (non-hydrogen) atoms. The molecule has 1 N–H and O–H groups in total. The molecule has 1 fully saturated rings. The van der Waals surface area contributed by atoms with Gasteiger partial charge in [-0.05, 0) is 43.9 Å². The Labute approximate surface area is 149 Å². The standard InChI is InChI=1S/C19H28N2O4/c1-4-25-17-7-5-15(13-18(17)24-3)6-8-19(23)20-16-9-11-21(12-10-16)14(2)22/h5,7,13,16H,4,6,8-12H2,1-3H3,(H,20,23). The average Bonchev–Trinajstić information content (AvgIpc) is 2.61. The first-order valence-electron chi connectivity index (χ1n) is 8.88. The molecule has 138 valence electrons. The molecule has 1 aromatic carbocycles. The highest BCUT2D eigenvalue weighted by Gasteiger charge is 2.21. The Morgan fingerprint density at radius 3 is 2.56 bits per heavy atom. The Hall–Kier alpha value is -2.24. The van der Waals surface area contributed by atoms with Crippen molar-refractivity contribution < 1.29 is 19.1 Å². The van der Waals surface area contributed by atoms with Crippen LogP contribution in [0.25, 0.3) is 0 Å². The molecule has 6 nitrogen and oxygen atoms in total. The van der Waals surface area contributed by atoms with Gasteiger partial charge >= 0.3 is 0 Å². The monoisotopic (exact) mass is 348 g/mol.